The normalized spacial score (nSPS) is 21.1. The zero-order valence-electron chi connectivity index (χ0n) is 9.62. The van der Waals surface area contributed by atoms with Gasteiger partial charge in [-0.3, -0.25) is 0 Å². The third-order valence-electron chi connectivity index (χ3n) is 2.47. The van der Waals surface area contributed by atoms with Gasteiger partial charge in [0.15, 0.2) is 0 Å². The number of ether oxygens (including phenoxy) is 1. The summed E-state index contributed by atoms with van der Waals surface area (Å²) in [7, 11) is 0. The number of carbonyl (C=O) groups excluding carboxylic acids is 1. The van der Waals surface area contributed by atoms with Crippen LogP contribution in [0.5, 0.6) is 0 Å². The minimum atomic E-state index is -0.180. The lowest BCUT2D eigenvalue weighted by Gasteiger charge is -2.18. The van der Waals surface area contributed by atoms with Crippen LogP contribution in [0.3, 0.4) is 0 Å². The minimum Gasteiger partial charge on any atom is -0.463 e. The number of esters is 1. The van der Waals surface area contributed by atoms with Gasteiger partial charge < -0.3 is 4.74 Å². The first-order valence-electron chi connectivity index (χ1n) is 5.39. The maximum Gasteiger partial charge on any atom is 0.334 e. The summed E-state index contributed by atoms with van der Waals surface area (Å²) in [5.74, 6) is 0.214. The van der Waals surface area contributed by atoms with E-state index in [2.05, 4.69) is 13.0 Å². The van der Waals surface area contributed by atoms with Crippen molar-refractivity contribution in [2.24, 2.45) is 5.92 Å². The highest BCUT2D eigenvalue weighted by Crippen LogP contribution is 2.26. The van der Waals surface area contributed by atoms with E-state index in [0.717, 1.165) is 12.0 Å². The predicted octanol–water partition coefficient (Wildman–Crippen LogP) is 3.02. The largest absolute Gasteiger partial charge is 0.463 e. The molecule has 1 aliphatic carbocycles. The van der Waals surface area contributed by atoms with Gasteiger partial charge in [0.25, 0.3) is 0 Å². The van der Waals surface area contributed by atoms with Crippen molar-refractivity contribution in [2.75, 3.05) is 6.61 Å². The van der Waals surface area contributed by atoms with Crippen molar-refractivity contribution >= 4 is 5.97 Å². The molecular formula is C13H18O2. The van der Waals surface area contributed by atoms with Crippen LogP contribution in [0.15, 0.2) is 35.5 Å². The molecule has 1 rings (SSSR count). The van der Waals surface area contributed by atoms with Crippen LogP contribution in [0, 0.1) is 5.92 Å². The SMILES string of the molecule is CC=CC1=CC=C(C(=O)OCC)CC1C. The summed E-state index contributed by atoms with van der Waals surface area (Å²) >= 11 is 0. The van der Waals surface area contributed by atoms with Crippen LogP contribution in [-0.2, 0) is 9.53 Å². The van der Waals surface area contributed by atoms with Crippen LogP contribution in [-0.4, -0.2) is 12.6 Å². The van der Waals surface area contributed by atoms with E-state index < -0.39 is 0 Å². The fraction of sp³-hybridized carbons (Fsp3) is 0.462. The monoisotopic (exact) mass is 206 g/mol. The van der Waals surface area contributed by atoms with E-state index in [4.69, 9.17) is 4.74 Å². The van der Waals surface area contributed by atoms with E-state index in [9.17, 15) is 4.79 Å². The summed E-state index contributed by atoms with van der Waals surface area (Å²) in [6.45, 7) is 6.39. The summed E-state index contributed by atoms with van der Waals surface area (Å²) in [6, 6.07) is 0. The number of hydrogen-bond donors (Lipinski definition) is 0. The van der Waals surface area contributed by atoms with E-state index in [-0.39, 0.29) is 5.97 Å². The van der Waals surface area contributed by atoms with Crippen LogP contribution in [0.25, 0.3) is 0 Å². The van der Waals surface area contributed by atoms with E-state index in [0.29, 0.717) is 12.5 Å². The molecule has 0 saturated heterocycles. The first-order chi connectivity index (χ1) is 7.19. The summed E-state index contributed by atoms with van der Waals surface area (Å²) in [4.78, 5) is 11.5. The van der Waals surface area contributed by atoms with Gasteiger partial charge in [-0.2, -0.15) is 0 Å². The van der Waals surface area contributed by atoms with Gasteiger partial charge in [-0.05, 0) is 31.8 Å². The molecule has 0 aromatic heterocycles. The van der Waals surface area contributed by atoms with E-state index >= 15 is 0 Å². The molecule has 0 heterocycles. The van der Waals surface area contributed by atoms with E-state index in [1.807, 2.05) is 32.1 Å². The molecule has 0 bridgehead atoms. The zero-order valence-corrected chi connectivity index (χ0v) is 9.62. The molecule has 0 aromatic carbocycles. The smallest absolute Gasteiger partial charge is 0.334 e. The molecule has 15 heavy (non-hydrogen) atoms. The lowest BCUT2D eigenvalue weighted by atomic mass is 9.88. The third kappa shape index (κ3) is 3.08. The van der Waals surface area contributed by atoms with Crippen LogP contribution in [0.2, 0.25) is 0 Å². The Labute approximate surface area is 91.3 Å². The Morgan fingerprint density at radius 1 is 1.60 bits per heavy atom. The highest BCUT2D eigenvalue weighted by atomic mass is 16.5. The second-order valence-electron chi connectivity index (χ2n) is 3.68. The molecule has 2 nitrogen and oxygen atoms in total. The molecule has 0 aliphatic heterocycles. The van der Waals surface area contributed by atoms with Crippen molar-refractivity contribution in [3.05, 3.63) is 35.5 Å². The summed E-state index contributed by atoms with van der Waals surface area (Å²) < 4.78 is 4.97. The molecule has 0 N–H and O–H groups in total. The molecule has 1 atom stereocenters. The van der Waals surface area contributed by atoms with Crippen molar-refractivity contribution in [3.8, 4) is 0 Å². The molecule has 82 valence electrons. The molecule has 1 unspecified atom stereocenters. The Kier molecular flexibility index (Phi) is 4.35. The Morgan fingerprint density at radius 2 is 2.33 bits per heavy atom. The Balaban J connectivity index is 2.76. The number of hydrogen-bond acceptors (Lipinski definition) is 2. The van der Waals surface area contributed by atoms with Crippen molar-refractivity contribution < 1.29 is 9.53 Å². The zero-order chi connectivity index (χ0) is 11.3. The highest BCUT2D eigenvalue weighted by molar-refractivity contribution is 5.89. The average molecular weight is 206 g/mol. The number of rotatable bonds is 3. The molecule has 0 aromatic rings. The Morgan fingerprint density at radius 3 is 2.87 bits per heavy atom. The molecule has 0 radical (unpaired) electrons. The number of allylic oxidation sites excluding steroid dienone is 5. The van der Waals surface area contributed by atoms with Gasteiger partial charge in [0.1, 0.15) is 0 Å². The van der Waals surface area contributed by atoms with E-state index in [1.54, 1.807) is 0 Å². The van der Waals surface area contributed by atoms with Crippen LogP contribution >= 0.6 is 0 Å². The number of carbonyl (C=O) groups is 1. The fourth-order valence-electron chi connectivity index (χ4n) is 1.66. The lowest BCUT2D eigenvalue weighted by Crippen LogP contribution is -2.13. The first-order valence-corrected chi connectivity index (χ1v) is 5.39. The maximum atomic E-state index is 11.5. The van der Waals surface area contributed by atoms with Gasteiger partial charge in [0.2, 0.25) is 0 Å². The van der Waals surface area contributed by atoms with Crippen LogP contribution in [0.4, 0.5) is 0 Å². The lowest BCUT2D eigenvalue weighted by molar-refractivity contribution is -0.138. The first kappa shape index (κ1) is 11.8. The van der Waals surface area contributed by atoms with Crippen molar-refractivity contribution in [1.29, 1.82) is 0 Å². The Hall–Kier alpha value is -1.31. The summed E-state index contributed by atoms with van der Waals surface area (Å²) in [6.07, 6.45) is 8.75. The molecule has 0 amide bonds. The maximum absolute atomic E-state index is 11.5. The minimum absolute atomic E-state index is 0.180. The second kappa shape index (κ2) is 5.54. The van der Waals surface area contributed by atoms with E-state index in [1.165, 1.54) is 5.57 Å². The van der Waals surface area contributed by atoms with Crippen LogP contribution in [0.1, 0.15) is 27.2 Å². The highest BCUT2D eigenvalue weighted by Gasteiger charge is 2.18. The quantitative estimate of drug-likeness (QED) is 0.663. The molecule has 0 spiro atoms. The van der Waals surface area contributed by atoms with Gasteiger partial charge in [-0.25, -0.2) is 4.79 Å². The molecule has 0 fully saturated rings. The van der Waals surface area contributed by atoms with Crippen molar-refractivity contribution in [3.63, 3.8) is 0 Å². The van der Waals surface area contributed by atoms with Gasteiger partial charge in [0, 0.05) is 5.57 Å². The van der Waals surface area contributed by atoms with Gasteiger partial charge in [-0.15, -0.1) is 0 Å². The predicted molar refractivity (Wildman–Crippen MR) is 61.4 cm³/mol. The van der Waals surface area contributed by atoms with Gasteiger partial charge in [0.05, 0.1) is 6.61 Å². The third-order valence-corrected chi connectivity index (χ3v) is 2.47. The molecule has 0 saturated carbocycles. The van der Waals surface area contributed by atoms with Gasteiger partial charge >= 0.3 is 5.97 Å². The standard InChI is InChI=1S/C13H18O2/c1-4-6-11-7-8-12(9-10(11)3)13(14)15-5-2/h4,6-8,10H,5,9H2,1-3H3. The van der Waals surface area contributed by atoms with Gasteiger partial charge in [-0.1, -0.05) is 31.2 Å². The second-order valence-corrected chi connectivity index (χ2v) is 3.68. The Bertz CT molecular complexity index is 321. The van der Waals surface area contributed by atoms with Crippen molar-refractivity contribution in [2.45, 2.75) is 27.2 Å². The van der Waals surface area contributed by atoms with Crippen LogP contribution < -0.4 is 0 Å². The summed E-state index contributed by atoms with van der Waals surface area (Å²) in [5.41, 5.74) is 2.04. The fourth-order valence-corrected chi connectivity index (χ4v) is 1.66. The molecule has 2 heteroatoms. The molecular weight excluding hydrogens is 188 g/mol. The molecule has 1 aliphatic rings. The van der Waals surface area contributed by atoms with Crippen molar-refractivity contribution in [1.82, 2.24) is 0 Å². The summed E-state index contributed by atoms with van der Waals surface area (Å²) in [5, 5.41) is 0. The topological polar surface area (TPSA) is 26.3 Å². The average Bonchev–Trinajstić information content (AvgIpc) is 2.21.